The molecule has 0 saturated carbocycles. The van der Waals surface area contributed by atoms with E-state index in [0.29, 0.717) is 0 Å². The third-order valence-corrected chi connectivity index (χ3v) is 6.74. The number of halogens is 2. The lowest BCUT2D eigenvalue weighted by molar-refractivity contribution is -0.128. The SMILES string of the molecule is CCOc1cc(NC(=O)C(C(=O)SC)C(C)C)ccc1S(=O)(=O)Nc1cccc(OC(F)(F)P)c1. The Kier molecular flexibility index (Phi) is 9.88. The lowest BCUT2D eigenvalue weighted by Crippen LogP contribution is -2.32. The van der Waals surface area contributed by atoms with Crippen molar-refractivity contribution in [1.82, 2.24) is 0 Å². The third kappa shape index (κ3) is 8.33. The first-order valence-electron chi connectivity index (χ1n) is 10.4. The number of thioether (sulfide) groups is 1. The van der Waals surface area contributed by atoms with Crippen molar-refractivity contribution in [2.45, 2.75) is 31.5 Å². The molecule has 8 nitrogen and oxygen atoms in total. The number of nitrogens with one attached hydrogen (secondary N) is 2. The predicted molar refractivity (Wildman–Crippen MR) is 136 cm³/mol. The Balaban J connectivity index is 2.33. The van der Waals surface area contributed by atoms with E-state index >= 15 is 0 Å². The van der Waals surface area contributed by atoms with Crippen molar-refractivity contribution < 1.29 is 36.3 Å². The molecule has 0 aliphatic carbocycles. The van der Waals surface area contributed by atoms with Crippen LogP contribution in [-0.2, 0) is 19.6 Å². The summed E-state index contributed by atoms with van der Waals surface area (Å²) in [5, 5.41) is 2.36. The molecule has 0 aliphatic heterocycles. The number of anilines is 2. The van der Waals surface area contributed by atoms with E-state index in [4.69, 9.17) is 4.74 Å². The summed E-state index contributed by atoms with van der Waals surface area (Å²) in [6.07, 6.45) is 1.60. The van der Waals surface area contributed by atoms with Gasteiger partial charge in [-0.05, 0) is 52.6 Å². The van der Waals surface area contributed by atoms with E-state index in [2.05, 4.69) is 14.8 Å². The van der Waals surface area contributed by atoms with E-state index in [1.807, 2.05) is 0 Å². The van der Waals surface area contributed by atoms with Crippen molar-refractivity contribution in [3.63, 3.8) is 0 Å². The van der Waals surface area contributed by atoms with Crippen LogP contribution in [0.1, 0.15) is 20.8 Å². The normalized spacial score (nSPS) is 12.7. The molecule has 2 unspecified atom stereocenters. The van der Waals surface area contributed by atoms with Crippen LogP contribution >= 0.6 is 21.0 Å². The summed E-state index contributed by atoms with van der Waals surface area (Å²) in [6.45, 7) is 5.30. The highest BCUT2D eigenvalue weighted by atomic mass is 32.2. The highest BCUT2D eigenvalue weighted by Gasteiger charge is 2.30. The molecule has 0 heterocycles. The first-order valence-corrected chi connectivity index (χ1v) is 13.7. The highest BCUT2D eigenvalue weighted by molar-refractivity contribution is 8.13. The van der Waals surface area contributed by atoms with Gasteiger partial charge in [-0.15, -0.1) is 0 Å². The monoisotopic (exact) mass is 548 g/mol. The number of carbonyl (C=O) groups is 2. The standard InChI is InChI=1S/C22H27F2N2O6PS2/c1-5-31-17-12-14(25-20(27)19(13(2)3)21(28)34-4)9-10-18(17)35(29,30)26-15-7-6-8-16(11-15)32-22(23,24)33/h6-13,19,26H,5,33H2,1-4H3,(H,25,27). The van der Waals surface area contributed by atoms with Gasteiger partial charge in [-0.3, -0.25) is 14.3 Å². The number of sulfonamides is 1. The molecule has 1 amide bonds. The van der Waals surface area contributed by atoms with Crippen molar-refractivity contribution in [3.8, 4) is 11.5 Å². The quantitative estimate of drug-likeness (QED) is 0.307. The van der Waals surface area contributed by atoms with Gasteiger partial charge in [-0.25, -0.2) is 8.42 Å². The second kappa shape index (κ2) is 12.0. The lowest BCUT2D eigenvalue weighted by Gasteiger charge is -2.19. The van der Waals surface area contributed by atoms with Gasteiger partial charge in [-0.2, -0.15) is 8.78 Å². The summed E-state index contributed by atoms with van der Waals surface area (Å²) in [6, 6.07) is 9.03. The number of hydrogen-bond acceptors (Lipinski definition) is 7. The molecule has 2 rings (SSSR count). The topological polar surface area (TPSA) is 111 Å². The van der Waals surface area contributed by atoms with E-state index in [-0.39, 0.29) is 45.4 Å². The summed E-state index contributed by atoms with van der Waals surface area (Å²) >= 11 is 0.958. The summed E-state index contributed by atoms with van der Waals surface area (Å²) in [7, 11) is -2.98. The molecule has 2 atom stereocenters. The molecule has 0 aromatic heterocycles. The van der Waals surface area contributed by atoms with Gasteiger partial charge in [0.25, 0.3) is 10.0 Å². The van der Waals surface area contributed by atoms with E-state index in [1.165, 1.54) is 45.6 Å². The van der Waals surface area contributed by atoms with Crippen LogP contribution in [-0.4, -0.2) is 38.2 Å². The molecular weight excluding hydrogens is 521 g/mol. The van der Waals surface area contributed by atoms with Crippen molar-refractivity contribution >= 4 is 53.4 Å². The molecule has 35 heavy (non-hydrogen) atoms. The van der Waals surface area contributed by atoms with Gasteiger partial charge >= 0.3 is 5.85 Å². The predicted octanol–water partition coefficient (Wildman–Crippen LogP) is 4.79. The number of hydrogen-bond donors (Lipinski definition) is 2. The average Bonchev–Trinajstić information content (AvgIpc) is 2.72. The molecule has 13 heteroatoms. The Morgan fingerprint density at radius 3 is 2.40 bits per heavy atom. The molecule has 0 bridgehead atoms. The van der Waals surface area contributed by atoms with Crippen LogP contribution in [0.3, 0.4) is 0 Å². The number of ether oxygens (including phenoxy) is 2. The zero-order chi connectivity index (χ0) is 26.4. The van der Waals surface area contributed by atoms with Crippen molar-refractivity contribution in [2.75, 3.05) is 22.9 Å². The van der Waals surface area contributed by atoms with Crippen molar-refractivity contribution in [3.05, 3.63) is 42.5 Å². The van der Waals surface area contributed by atoms with Crippen LogP contribution in [0, 0.1) is 11.8 Å². The first-order chi connectivity index (χ1) is 16.3. The Morgan fingerprint density at radius 2 is 1.83 bits per heavy atom. The van der Waals surface area contributed by atoms with Crippen molar-refractivity contribution in [1.29, 1.82) is 0 Å². The summed E-state index contributed by atoms with van der Waals surface area (Å²) < 4.78 is 64.5. The van der Waals surface area contributed by atoms with E-state index in [0.717, 1.165) is 17.8 Å². The molecule has 0 fully saturated rings. The Hall–Kier alpha value is -2.43. The zero-order valence-electron chi connectivity index (χ0n) is 19.5. The van der Waals surface area contributed by atoms with Gasteiger partial charge in [0, 0.05) is 17.8 Å². The Labute approximate surface area is 209 Å². The number of carbonyl (C=O) groups excluding carboxylic acids is 2. The maximum atomic E-state index is 13.1. The number of benzene rings is 2. The van der Waals surface area contributed by atoms with Gasteiger partial charge in [0.2, 0.25) is 11.0 Å². The fourth-order valence-electron chi connectivity index (χ4n) is 3.10. The Bertz CT molecular complexity index is 1170. The molecule has 192 valence electrons. The van der Waals surface area contributed by atoms with Crippen molar-refractivity contribution in [2.24, 2.45) is 11.8 Å². The second-order valence-corrected chi connectivity index (χ2v) is 10.8. The van der Waals surface area contributed by atoms with Gasteiger partial charge in [0.05, 0.1) is 12.3 Å². The van der Waals surface area contributed by atoms with Crippen LogP contribution in [0.25, 0.3) is 0 Å². The van der Waals surface area contributed by atoms with Crippen LogP contribution in [0.5, 0.6) is 11.5 Å². The fraction of sp³-hybridized carbons (Fsp3) is 0.364. The maximum absolute atomic E-state index is 13.1. The second-order valence-electron chi connectivity index (χ2n) is 7.63. The Morgan fingerprint density at radius 1 is 1.14 bits per heavy atom. The lowest BCUT2D eigenvalue weighted by atomic mass is 9.96. The molecule has 0 saturated heterocycles. The molecule has 2 N–H and O–H groups in total. The molecule has 0 aliphatic rings. The molecular formula is C22H27F2N2O6PS2. The van der Waals surface area contributed by atoms with Crippen LogP contribution in [0.4, 0.5) is 20.2 Å². The molecule has 0 spiro atoms. The van der Waals surface area contributed by atoms with E-state index < -0.39 is 27.7 Å². The number of amides is 1. The van der Waals surface area contributed by atoms with Gasteiger partial charge in [-0.1, -0.05) is 31.7 Å². The summed E-state index contributed by atoms with van der Waals surface area (Å²) in [5.74, 6) is -5.44. The van der Waals surface area contributed by atoms with Gasteiger partial charge in [0.1, 0.15) is 22.3 Å². The minimum atomic E-state index is -4.21. The maximum Gasteiger partial charge on any atom is 0.408 e. The van der Waals surface area contributed by atoms with E-state index in [1.54, 1.807) is 27.0 Å². The number of rotatable bonds is 11. The average molecular weight is 549 g/mol. The summed E-state index contributed by atoms with van der Waals surface area (Å²) in [4.78, 5) is 24.6. The molecule has 2 aromatic carbocycles. The molecule has 0 radical (unpaired) electrons. The van der Waals surface area contributed by atoms with Gasteiger partial charge in [0.15, 0.2) is 0 Å². The fourth-order valence-corrected chi connectivity index (χ4v) is 5.04. The number of alkyl halides is 2. The largest absolute Gasteiger partial charge is 0.492 e. The minimum Gasteiger partial charge on any atom is -0.492 e. The van der Waals surface area contributed by atoms with Crippen LogP contribution in [0.15, 0.2) is 47.4 Å². The highest BCUT2D eigenvalue weighted by Crippen LogP contribution is 2.32. The first kappa shape index (κ1) is 28.8. The smallest absolute Gasteiger partial charge is 0.408 e. The molecule has 2 aromatic rings. The van der Waals surface area contributed by atoms with Gasteiger partial charge < -0.3 is 14.8 Å². The van der Waals surface area contributed by atoms with Crippen LogP contribution in [0.2, 0.25) is 0 Å². The van der Waals surface area contributed by atoms with Crippen LogP contribution < -0.4 is 19.5 Å². The minimum absolute atomic E-state index is 0.00747. The summed E-state index contributed by atoms with van der Waals surface area (Å²) in [5.41, 5.74) is 0.238. The van der Waals surface area contributed by atoms with E-state index in [9.17, 15) is 26.8 Å². The zero-order valence-corrected chi connectivity index (χ0v) is 22.3. The third-order valence-electron chi connectivity index (χ3n) is 4.55.